The molecule has 32 heavy (non-hydrogen) atoms. The van der Waals surface area contributed by atoms with E-state index < -0.39 is 0 Å². The fourth-order valence-electron chi connectivity index (χ4n) is 2.21. The highest BCUT2D eigenvalue weighted by molar-refractivity contribution is 5.95. The Kier molecular flexibility index (Phi) is 14.3. The highest BCUT2D eigenvalue weighted by Gasteiger charge is 2.18. The molecule has 0 saturated heterocycles. The number of hydrogen-bond donors (Lipinski definition) is 2. The van der Waals surface area contributed by atoms with Gasteiger partial charge in [0.2, 0.25) is 0 Å². The molecule has 0 unspecified atom stereocenters. The molecule has 0 aromatic heterocycles. The Morgan fingerprint density at radius 3 is 1.53 bits per heavy atom. The quantitative estimate of drug-likeness (QED) is 0.576. The number of para-hydroxylation sites is 2. The number of rotatable bonds is 4. The molecule has 2 aromatic rings. The summed E-state index contributed by atoms with van der Waals surface area (Å²) >= 11 is 0. The lowest BCUT2D eigenvalue weighted by Crippen LogP contribution is -2.26. The van der Waals surface area contributed by atoms with Crippen LogP contribution in [-0.2, 0) is 4.74 Å². The number of amides is 1. The molecule has 5 heteroatoms. The number of anilines is 2. The van der Waals surface area contributed by atoms with E-state index in [1.807, 2.05) is 60.7 Å². The largest absolute Gasteiger partial charge is 0.449 e. The average molecular weight is 428 g/mol. The molecular formula is C27H25NO4. The number of nitrogens with zero attached hydrogens (tertiary/aromatic N) is 1. The van der Waals surface area contributed by atoms with Crippen molar-refractivity contribution in [3.8, 4) is 47.4 Å². The van der Waals surface area contributed by atoms with E-state index in [-0.39, 0.29) is 19.3 Å². The molecule has 0 aliphatic rings. The zero-order valence-corrected chi connectivity index (χ0v) is 18.0. The van der Waals surface area contributed by atoms with E-state index >= 15 is 0 Å². The number of hydrogen-bond acceptors (Lipinski definition) is 4. The number of aliphatic hydroxyl groups excluding tert-OH is 2. The smallest absolute Gasteiger partial charge is 0.418 e. The maximum absolute atomic E-state index is 12.0. The summed E-state index contributed by atoms with van der Waals surface area (Å²) in [7, 11) is 0. The predicted molar refractivity (Wildman–Crippen MR) is 127 cm³/mol. The van der Waals surface area contributed by atoms with Crippen molar-refractivity contribution < 1.29 is 19.7 Å². The highest BCUT2D eigenvalue weighted by atomic mass is 16.6. The second-order valence-electron chi connectivity index (χ2n) is 5.73. The highest BCUT2D eigenvalue weighted by Crippen LogP contribution is 2.25. The Morgan fingerprint density at radius 1 is 0.750 bits per heavy atom. The van der Waals surface area contributed by atoms with E-state index in [0.29, 0.717) is 19.4 Å². The minimum absolute atomic E-state index is 0.161. The summed E-state index contributed by atoms with van der Waals surface area (Å²) in [6.07, 6.45) is 0.900. The van der Waals surface area contributed by atoms with Crippen molar-refractivity contribution in [1.82, 2.24) is 0 Å². The summed E-state index contributed by atoms with van der Waals surface area (Å²) in [6, 6.07) is 18.9. The minimum Gasteiger partial charge on any atom is -0.449 e. The zero-order valence-electron chi connectivity index (χ0n) is 18.0. The van der Waals surface area contributed by atoms with E-state index in [1.54, 1.807) is 11.8 Å². The molecule has 2 N–H and O–H groups in total. The van der Waals surface area contributed by atoms with Crippen LogP contribution in [0.5, 0.6) is 0 Å². The summed E-state index contributed by atoms with van der Waals surface area (Å²) < 4.78 is 5.10. The molecule has 0 fully saturated rings. The van der Waals surface area contributed by atoms with Crippen LogP contribution in [0.2, 0.25) is 0 Å². The molecule has 0 saturated carbocycles. The average Bonchev–Trinajstić information content (AvgIpc) is 2.82. The van der Waals surface area contributed by atoms with Crippen LogP contribution in [-0.4, -0.2) is 36.1 Å². The summed E-state index contributed by atoms with van der Waals surface area (Å²) in [5, 5.41) is 16.6. The van der Waals surface area contributed by atoms with Gasteiger partial charge in [0.05, 0.1) is 18.0 Å². The Morgan fingerprint density at radius 2 is 1.16 bits per heavy atom. The van der Waals surface area contributed by atoms with E-state index in [2.05, 4.69) is 47.4 Å². The second-order valence-corrected chi connectivity index (χ2v) is 5.73. The van der Waals surface area contributed by atoms with E-state index in [0.717, 1.165) is 11.4 Å². The van der Waals surface area contributed by atoms with E-state index in [9.17, 15) is 4.79 Å². The van der Waals surface area contributed by atoms with Crippen molar-refractivity contribution in [2.24, 2.45) is 0 Å². The number of aliphatic hydroxyl groups is 2. The van der Waals surface area contributed by atoms with Gasteiger partial charge >= 0.3 is 6.09 Å². The third-order valence-electron chi connectivity index (χ3n) is 3.49. The third kappa shape index (κ3) is 11.2. The summed E-state index contributed by atoms with van der Waals surface area (Å²) in [5.41, 5.74) is 1.59. The van der Waals surface area contributed by atoms with Crippen molar-refractivity contribution in [2.45, 2.75) is 19.8 Å². The van der Waals surface area contributed by atoms with Gasteiger partial charge in [0.15, 0.2) is 0 Å². The number of unbranched alkanes of at least 4 members (excludes halogenated alkanes) is 1. The lowest BCUT2D eigenvalue weighted by Gasteiger charge is -2.21. The first kappa shape index (κ1) is 25.9. The Labute approximate surface area is 190 Å². The van der Waals surface area contributed by atoms with Crippen LogP contribution in [0.25, 0.3) is 0 Å². The summed E-state index contributed by atoms with van der Waals surface area (Å²) in [4.78, 5) is 13.6. The summed E-state index contributed by atoms with van der Waals surface area (Å²) in [5.74, 6) is 20.5. The van der Waals surface area contributed by atoms with Crippen LogP contribution in [0.3, 0.4) is 0 Å². The van der Waals surface area contributed by atoms with Gasteiger partial charge in [-0.15, -0.1) is 0 Å². The van der Waals surface area contributed by atoms with Gasteiger partial charge in [0.1, 0.15) is 13.2 Å². The van der Waals surface area contributed by atoms with Crippen LogP contribution in [0.1, 0.15) is 19.8 Å². The van der Waals surface area contributed by atoms with Crippen LogP contribution in [0.15, 0.2) is 60.7 Å². The second kappa shape index (κ2) is 17.7. The summed E-state index contributed by atoms with van der Waals surface area (Å²) in [6.45, 7) is 1.83. The molecule has 0 aliphatic carbocycles. The monoisotopic (exact) mass is 427 g/mol. The molecule has 0 heterocycles. The van der Waals surface area contributed by atoms with Gasteiger partial charge in [-0.3, -0.25) is 0 Å². The topological polar surface area (TPSA) is 70.0 Å². The van der Waals surface area contributed by atoms with Crippen LogP contribution < -0.4 is 4.90 Å². The normalized spacial score (nSPS) is 8.22. The van der Waals surface area contributed by atoms with Gasteiger partial charge in [0.25, 0.3) is 0 Å². The Hall–Kier alpha value is -4.13. The molecule has 0 atom stereocenters. The lowest BCUT2D eigenvalue weighted by atomic mass is 10.2. The van der Waals surface area contributed by atoms with Crippen molar-refractivity contribution in [3.05, 3.63) is 60.7 Å². The van der Waals surface area contributed by atoms with Gasteiger partial charge in [0, 0.05) is 12.8 Å². The molecular weight excluding hydrogens is 402 g/mol. The zero-order chi connectivity index (χ0) is 23.3. The standard InChI is InChI=1S/C15H15NO2.C12H10O2/c1-2-18-15(17)16(13-9-5-3-6-10-13)14-11-7-4-8-12-14;13-11-9-7-5-3-1-2-4-6-8-10-12-14/h3-12H,2H2,1H3;13-14H,1-2,11-12H2. The molecule has 0 radical (unpaired) electrons. The van der Waals surface area contributed by atoms with Gasteiger partial charge < -0.3 is 14.9 Å². The molecule has 1 amide bonds. The molecule has 162 valence electrons. The maximum atomic E-state index is 12.0. The third-order valence-corrected chi connectivity index (χ3v) is 3.49. The molecule has 5 nitrogen and oxygen atoms in total. The first-order chi connectivity index (χ1) is 15.7. The number of carbonyl (C=O) groups excluding carboxylic acids is 1. The van der Waals surface area contributed by atoms with Crippen molar-refractivity contribution in [1.29, 1.82) is 0 Å². The molecule has 0 spiro atoms. The first-order valence-corrected chi connectivity index (χ1v) is 9.94. The van der Waals surface area contributed by atoms with Gasteiger partial charge in [-0.2, -0.15) is 0 Å². The Bertz CT molecular complexity index is 971. The van der Waals surface area contributed by atoms with E-state index in [1.165, 1.54) is 0 Å². The van der Waals surface area contributed by atoms with Crippen molar-refractivity contribution >= 4 is 17.5 Å². The van der Waals surface area contributed by atoms with E-state index in [4.69, 9.17) is 14.9 Å². The number of carbonyl (C=O) groups is 1. The SMILES string of the molecule is CCOC(=O)N(c1ccccc1)c1ccccc1.OCC#CC#CCCC#CC#CCO. The fourth-order valence-corrected chi connectivity index (χ4v) is 2.21. The predicted octanol–water partition coefficient (Wildman–Crippen LogP) is 3.75. The van der Waals surface area contributed by atoms with Gasteiger partial charge in [-0.05, 0) is 54.9 Å². The van der Waals surface area contributed by atoms with Crippen LogP contribution >= 0.6 is 0 Å². The number of ether oxygens (including phenoxy) is 1. The van der Waals surface area contributed by atoms with Gasteiger partial charge in [-0.25, -0.2) is 9.69 Å². The molecule has 0 bridgehead atoms. The molecule has 0 aliphatic heterocycles. The Balaban J connectivity index is 0.000000333. The van der Waals surface area contributed by atoms with Crippen LogP contribution in [0, 0.1) is 47.4 Å². The molecule has 2 rings (SSSR count). The first-order valence-electron chi connectivity index (χ1n) is 9.94. The minimum atomic E-state index is -0.366. The van der Waals surface area contributed by atoms with Crippen molar-refractivity contribution in [3.63, 3.8) is 0 Å². The lowest BCUT2D eigenvalue weighted by molar-refractivity contribution is 0.162. The van der Waals surface area contributed by atoms with Gasteiger partial charge in [-0.1, -0.05) is 60.1 Å². The molecule has 2 aromatic carbocycles. The fraction of sp³-hybridized carbons (Fsp3) is 0.222. The number of benzene rings is 2. The maximum Gasteiger partial charge on any atom is 0.418 e. The van der Waals surface area contributed by atoms with Crippen molar-refractivity contribution in [2.75, 3.05) is 24.7 Å². The van der Waals surface area contributed by atoms with Crippen LogP contribution in [0.4, 0.5) is 16.2 Å².